The summed E-state index contributed by atoms with van der Waals surface area (Å²) >= 11 is 2.82. The van der Waals surface area contributed by atoms with Crippen molar-refractivity contribution < 1.29 is 30.8 Å². The van der Waals surface area contributed by atoms with Crippen molar-refractivity contribution >= 4 is 15.9 Å². The summed E-state index contributed by atoms with van der Waals surface area (Å²) < 4.78 is 80.5. The van der Waals surface area contributed by atoms with Gasteiger partial charge in [-0.15, -0.1) is 0 Å². The molecule has 2 nitrogen and oxygen atoms in total. The number of alkyl halides is 6. The van der Waals surface area contributed by atoms with Crippen molar-refractivity contribution in [2.45, 2.75) is 12.4 Å². The third-order valence-corrected chi connectivity index (χ3v) is 2.72. The van der Waals surface area contributed by atoms with Gasteiger partial charge in [-0.1, -0.05) is 0 Å². The smallest absolute Gasteiger partial charge is 0.416 e. The molecule has 0 N–H and O–H groups in total. The molecule has 9 heteroatoms. The quantitative estimate of drug-likeness (QED) is 0.658. The van der Waals surface area contributed by atoms with Gasteiger partial charge in [-0.2, -0.15) is 26.3 Å². The second-order valence-corrected chi connectivity index (χ2v) is 4.46. The number of benzene rings is 1. The molecule has 0 fully saturated rings. The predicted octanol–water partition coefficient (Wildman–Crippen LogP) is 5.14. The Labute approximate surface area is 116 Å². The first-order chi connectivity index (χ1) is 9.07. The van der Waals surface area contributed by atoms with E-state index < -0.39 is 23.5 Å². The second-order valence-electron chi connectivity index (χ2n) is 3.78. The van der Waals surface area contributed by atoms with Crippen LogP contribution >= 0.6 is 15.9 Å². The minimum absolute atomic E-state index is 0.0431. The fourth-order valence-electron chi connectivity index (χ4n) is 1.49. The van der Waals surface area contributed by atoms with E-state index >= 15 is 0 Å². The maximum Gasteiger partial charge on any atom is 0.416 e. The maximum atomic E-state index is 12.6. The first-order valence-corrected chi connectivity index (χ1v) is 5.77. The summed E-state index contributed by atoms with van der Waals surface area (Å²) in [5.41, 5.74) is -3.27. The van der Waals surface area contributed by atoms with E-state index in [2.05, 4.69) is 20.9 Å². The zero-order chi connectivity index (χ0) is 15.1. The van der Waals surface area contributed by atoms with Crippen LogP contribution in [0, 0.1) is 0 Å². The fraction of sp³-hybridized carbons (Fsp3) is 0.182. The van der Waals surface area contributed by atoms with Crippen LogP contribution in [0.15, 0.2) is 33.7 Å². The van der Waals surface area contributed by atoms with Crippen molar-refractivity contribution in [3.8, 4) is 11.3 Å². The van der Waals surface area contributed by atoms with Crippen LogP contribution in [0.2, 0.25) is 0 Å². The highest BCUT2D eigenvalue weighted by Gasteiger charge is 2.37. The zero-order valence-electron chi connectivity index (χ0n) is 9.31. The van der Waals surface area contributed by atoms with Gasteiger partial charge in [-0.25, -0.2) is 4.98 Å². The number of aromatic nitrogens is 1. The highest BCUT2D eigenvalue weighted by Crippen LogP contribution is 2.38. The molecule has 0 aliphatic rings. The molecule has 0 bridgehead atoms. The Hall–Kier alpha value is -1.51. The van der Waals surface area contributed by atoms with E-state index in [0.717, 1.165) is 6.26 Å². The monoisotopic (exact) mass is 359 g/mol. The van der Waals surface area contributed by atoms with Gasteiger partial charge in [0.2, 0.25) is 0 Å². The molecule has 0 saturated heterocycles. The van der Waals surface area contributed by atoms with E-state index in [1.807, 2.05) is 0 Å². The number of rotatable bonds is 1. The highest BCUT2D eigenvalue weighted by molar-refractivity contribution is 9.10. The summed E-state index contributed by atoms with van der Waals surface area (Å²) in [4.78, 5) is 3.60. The molecule has 20 heavy (non-hydrogen) atoms. The van der Waals surface area contributed by atoms with Crippen molar-refractivity contribution in [2.24, 2.45) is 0 Å². The lowest BCUT2D eigenvalue weighted by Gasteiger charge is -2.13. The van der Waals surface area contributed by atoms with Gasteiger partial charge in [-0.3, -0.25) is 0 Å². The van der Waals surface area contributed by atoms with Gasteiger partial charge >= 0.3 is 12.4 Å². The van der Waals surface area contributed by atoms with Crippen molar-refractivity contribution in [3.63, 3.8) is 0 Å². The minimum Gasteiger partial charge on any atom is -0.439 e. The average Bonchev–Trinajstić information content (AvgIpc) is 2.73. The summed E-state index contributed by atoms with van der Waals surface area (Å²) in [7, 11) is 0. The molecule has 0 aliphatic carbocycles. The SMILES string of the molecule is FC(F)(F)c1cc(-c2coc(Br)n2)cc(C(F)(F)F)c1. The molecule has 0 radical (unpaired) electrons. The fourth-order valence-corrected chi connectivity index (χ4v) is 1.77. The van der Waals surface area contributed by atoms with E-state index in [1.54, 1.807) is 0 Å². The lowest BCUT2D eigenvalue weighted by molar-refractivity contribution is -0.143. The van der Waals surface area contributed by atoms with Gasteiger partial charge in [0.15, 0.2) is 0 Å². The van der Waals surface area contributed by atoms with Gasteiger partial charge in [0.1, 0.15) is 12.0 Å². The number of hydrogen-bond acceptors (Lipinski definition) is 2. The molecule has 0 saturated carbocycles. The Bertz CT molecular complexity index is 598. The highest BCUT2D eigenvalue weighted by atomic mass is 79.9. The Morgan fingerprint density at radius 2 is 1.40 bits per heavy atom. The first kappa shape index (κ1) is 14.9. The van der Waals surface area contributed by atoms with Gasteiger partial charge in [0.05, 0.1) is 11.1 Å². The van der Waals surface area contributed by atoms with Crippen LogP contribution in [0.5, 0.6) is 0 Å². The zero-order valence-corrected chi connectivity index (χ0v) is 10.9. The van der Waals surface area contributed by atoms with Gasteiger partial charge in [0, 0.05) is 21.5 Å². The van der Waals surface area contributed by atoms with Crippen molar-refractivity contribution in [1.82, 2.24) is 4.98 Å². The largest absolute Gasteiger partial charge is 0.439 e. The normalized spacial score (nSPS) is 12.8. The van der Waals surface area contributed by atoms with Crippen LogP contribution in [-0.2, 0) is 12.4 Å². The number of hydrogen-bond donors (Lipinski definition) is 0. The van der Waals surface area contributed by atoms with Crippen LogP contribution in [0.4, 0.5) is 26.3 Å². The lowest BCUT2D eigenvalue weighted by atomic mass is 10.0. The van der Waals surface area contributed by atoms with Crippen LogP contribution < -0.4 is 0 Å². The summed E-state index contributed by atoms with van der Waals surface area (Å²) in [6.45, 7) is 0. The molecule has 1 heterocycles. The molecule has 2 aromatic rings. The summed E-state index contributed by atoms with van der Waals surface area (Å²) in [5.74, 6) is 0. The molecule has 0 aliphatic heterocycles. The topological polar surface area (TPSA) is 26.0 Å². The van der Waals surface area contributed by atoms with Crippen molar-refractivity contribution in [2.75, 3.05) is 0 Å². The molecule has 1 aromatic carbocycles. The van der Waals surface area contributed by atoms with E-state index in [1.165, 1.54) is 0 Å². The first-order valence-electron chi connectivity index (χ1n) is 4.98. The van der Waals surface area contributed by atoms with Crippen LogP contribution in [-0.4, -0.2) is 4.98 Å². The third kappa shape index (κ3) is 3.14. The van der Waals surface area contributed by atoms with E-state index in [9.17, 15) is 26.3 Å². The standard InChI is InChI=1S/C11H4BrF6NO/c12-9-19-8(4-20-9)5-1-6(10(13,14)15)3-7(2-5)11(16,17)18/h1-4H. The molecular weight excluding hydrogens is 356 g/mol. The summed E-state index contributed by atoms with van der Waals surface area (Å²) in [6, 6.07) is 1.22. The van der Waals surface area contributed by atoms with Crippen LogP contribution in [0.1, 0.15) is 11.1 Å². The number of oxazole rings is 1. The van der Waals surface area contributed by atoms with E-state index in [0.29, 0.717) is 12.1 Å². The third-order valence-electron chi connectivity index (χ3n) is 2.36. The van der Waals surface area contributed by atoms with Crippen molar-refractivity contribution in [3.05, 3.63) is 40.4 Å². The molecular formula is C11H4BrF6NO. The summed E-state index contributed by atoms with van der Waals surface area (Å²) in [5, 5.41) is 0. The molecule has 0 unspecified atom stereocenters. The summed E-state index contributed by atoms with van der Waals surface area (Å²) in [6.07, 6.45) is -8.83. The Balaban J connectivity index is 2.63. The molecule has 0 atom stereocenters. The minimum atomic E-state index is -4.89. The Morgan fingerprint density at radius 1 is 0.900 bits per heavy atom. The lowest BCUT2D eigenvalue weighted by Crippen LogP contribution is -2.11. The second kappa shape index (κ2) is 4.80. The molecule has 1 aromatic heterocycles. The van der Waals surface area contributed by atoms with E-state index in [4.69, 9.17) is 4.42 Å². The molecule has 0 spiro atoms. The van der Waals surface area contributed by atoms with Crippen LogP contribution in [0.3, 0.4) is 0 Å². The van der Waals surface area contributed by atoms with E-state index in [-0.39, 0.29) is 22.1 Å². The van der Waals surface area contributed by atoms with Gasteiger partial charge in [0.25, 0.3) is 4.80 Å². The number of halogens is 7. The van der Waals surface area contributed by atoms with Gasteiger partial charge in [-0.05, 0) is 18.2 Å². The van der Waals surface area contributed by atoms with Gasteiger partial charge < -0.3 is 4.42 Å². The average molecular weight is 360 g/mol. The Kier molecular flexibility index (Phi) is 3.57. The predicted molar refractivity (Wildman–Crippen MR) is 59.6 cm³/mol. The molecule has 2 rings (SSSR count). The maximum absolute atomic E-state index is 12.6. The number of nitrogens with zero attached hydrogens (tertiary/aromatic N) is 1. The van der Waals surface area contributed by atoms with Crippen LogP contribution in [0.25, 0.3) is 11.3 Å². The Morgan fingerprint density at radius 3 is 1.75 bits per heavy atom. The van der Waals surface area contributed by atoms with Crippen molar-refractivity contribution in [1.29, 1.82) is 0 Å². The molecule has 0 amide bonds. The molecule has 108 valence electrons.